The van der Waals surface area contributed by atoms with Crippen LogP contribution in [0.15, 0.2) is 43.0 Å². The third kappa shape index (κ3) is 2.34. The van der Waals surface area contributed by atoms with Crippen LogP contribution >= 0.6 is 0 Å². The van der Waals surface area contributed by atoms with Gasteiger partial charge in [-0.05, 0) is 42.9 Å². The van der Waals surface area contributed by atoms with Crippen molar-refractivity contribution in [2.75, 3.05) is 13.9 Å². The summed E-state index contributed by atoms with van der Waals surface area (Å²) in [6.07, 6.45) is 7.07. The van der Waals surface area contributed by atoms with E-state index in [1.54, 1.807) is 13.2 Å². The van der Waals surface area contributed by atoms with Crippen LogP contribution in [0.4, 0.5) is 0 Å². The molecular weight excluding hydrogens is 332 g/mol. The van der Waals surface area contributed by atoms with Crippen LogP contribution in [-0.2, 0) is 15.9 Å². The van der Waals surface area contributed by atoms with Crippen molar-refractivity contribution >= 4 is 0 Å². The van der Waals surface area contributed by atoms with E-state index in [4.69, 9.17) is 18.9 Å². The molecule has 0 amide bonds. The second kappa shape index (κ2) is 6.41. The number of allylic oxidation sites excluding steroid dienone is 2. The third-order valence-corrected chi connectivity index (χ3v) is 6.33. The molecule has 0 aromatic heterocycles. The van der Waals surface area contributed by atoms with Crippen molar-refractivity contribution in [3.63, 3.8) is 0 Å². The third-order valence-electron chi connectivity index (χ3n) is 6.33. The van der Waals surface area contributed by atoms with Crippen molar-refractivity contribution in [2.24, 2.45) is 11.3 Å². The molecule has 5 heteroatoms. The summed E-state index contributed by atoms with van der Waals surface area (Å²) in [5.74, 6) is 0.690. The van der Waals surface area contributed by atoms with Gasteiger partial charge in [0.1, 0.15) is 6.10 Å². The summed E-state index contributed by atoms with van der Waals surface area (Å²) in [6.45, 7) is 6.39. The smallest absolute Gasteiger partial charge is 0.231 e. The minimum absolute atomic E-state index is 0.0789. The van der Waals surface area contributed by atoms with Gasteiger partial charge in [0.2, 0.25) is 12.6 Å². The zero-order valence-corrected chi connectivity index (χ0v) is 15.3. The van der Waals surface area contributed by atoms with Gasteiger partial charge in [-0.1, -0.05) is 31.2 Å². The molecule has 0 spiro atoms. The van der Waals surface area contributed by atoms with E-state index in [9.17, 15) is 5.11 Å². The summed E-state index contributed by atoms with van der Waals surface area (Å²) in [5.41, 5.74) is 0.783. The molecule has 1 aromatic carbocycles. The Morgan fingerprint density at radius 1 is 1.35 bits per heavy atom. The van der Waals surface area contributed by atoms with Gasteiger partial charge in [0, 0.05) is 12.5 Å². The van der Waals surface area contributed by atoms with Gasteiger partial charge in [-0.25, -0.2) is 0 Å². The highest BCUT2D eigenvalue weighted by atomic mass is 16.7. The van der Waals surface area contributed by atoms with E-state index in [1.807, 2.05) is 30.4 Å². The Bertz CT molecular complexity index is 729. The monoisotopic (exact) mass is 358 g/mol. The Hall–Kier alpha value is -1.82. The van der Waals surface area contributed by atoms with E-state index in [2.05, 4.69) is 13.5 Å². The Balaban J connectivity index is 1.66. The van der Waals surface area contributed by atoms with Crippen molar-refractivity contribution in [2.45, 2.75) is 44.2 Å². The quantitative estimate of drug-likeness (QED) is 0.819. The molecule has 0 unspecified atom stereocenters. The average molecular weight is 358 g/mol. The van der Waals surface area contributed by atoms with Crippen LogP contribution in [0, 0.1) is 11.3 Å². The number of ether oxygens (including phenoxy) is 4. The Kier molecular flexibility index (Phi) is 4.34. The summed E-state index contributed by atoms with van der Waals surface area (Å²) in [7, 11) is 1.62. The molecule has 0 bridgehead atoms. The first kappa shape index (κ1) is 17.6. The number of hydrogen-bond acceptors (Lipinski definition) is 5. The van der Waals surface area contributed by atoms with Gasteiger partial charge in [-0.15, -0.1) is 6.58 Å². The zero-order valence-electron chi connectivity index (χ0n) is 15.3. The van der Waals surface area contributed by atoms with E-state index in [0.29, 0.717) is 6.42 Å². The molecule has 140 valence electrons. The van der Waals surface area contributed by atoms with Gasteiger partial charge in [0.15, 0.2) is 11.5 Å². The first-order valence-corrected chi connectivity index (χ1v) is 9.13. The molecule has 0 saturated carbocycles. The van der Waals surface area contributed by atoms with E-state index in [1.165, 1.54) is 0 Å². The Morgan fingerprint density at radius 3 is 2.92 bits per heavy atom. The number of hydrogen-bond donors (Lipinski definition) is 1. The fourth-order valence-electron chi connectivity index (χ4n) is 4.90. The van der Waals surface area contributed by atoms with Crippen LogP contribution in [0.1, 0.15) is 25.3 Å². The predicted octanol–water partition coefficient (Wildman–Crippen LogP) is 3.22. The number of fused-ring (bicyclic) bond motifs is 2. The maximum atomic E-state index is 10.7. The van der Waals surface area contributed by atoms with Crippen molar-refractivity contribution in [3.05, 3.63) is 48.6 Å². The van der Waals surface area contributed by atoms with Gasteiger partial charge < -0.3 is 24.1 Å². The number of rotatable bonds is 5. The van der Waals surface area contributed by atoms with Crippen LogP contribution in [0.2, 0.25) is 0 Å². The first-order chi connectivity index (χ1) is 12.6. The van der Waals surface area contributed by atoms with Crippen molar-refractivity contribution in [1.82, 2.24) is 0 Å². The molecule has 1 N–H and O–H groups in total. The van der Waals surface area contributed by atoms with E-state index in [0.717, 1.165) is 29.9 Å². The standard InChI is InChI=1S/C21H26O5/c1-4-9-20-10-5-6-19(22)21(20,23-3)26-17(14(20)2)11-15-7-8-16-18(12-15)25-13-24-16/h4-8,12,14,17,19,22H,1,9-11,13H2,2-3H3/t14-,17-,19+,20+,21-/m0/s1. The van der Waals surface area contributed by atoms with E-state index >= 15 is 0 Å². The Morgan fingerprint density at radius 2 is 2.15 bits per heavy atom. The summed E-state index contributed by atoms with van der Waals surface area (Å²) in [5, 5.41) is 10.7. The van der Waals surface area contributed by atoms with Crippen molar-refractivity contribution < 1.29 is 24.1 Å². The lowest BCUT2D eigenvalue weighted by Crippen LogP contribution is -2.57. The predicted molar refractivity (Wildman–Crippen MR) is 97.1 cm³/mol. The molecule has 5 nitrogen and oxygen atoms in total. The lowest BCUT2D eigenvalue weighted by atomic mass is 9.62. The normalized spacial score (nSPS) is 37.6. The lowest BCUT2D eigenvalue weighted by Gasteiger charge is -2.48. The molecule has 26 heavy (non-hydrogen) atoms. The minimum atomic E-state index is -1.05. The van der Waals surface area contributed by atoms with Gasteiger partial charge in [-0.2, -0.15) is 0 Å². The van der Waals surface area contributed by atoms with Gasteiger partial charge in [-0.3, -0.25) is 0 Å². The largest absolute Gasteiger partial charge is 0.454 e. The highest BCUT2D eigenvalue weighted by Gasteiger charge is 2.67. The van der Waals surface area contributed by atoms with Crippen molar-refractivity contribution in [3.8, 4) is 11.5 Å². The van der Waals surface area contributed by atoms with Gasteiger partial charge >= 0.3 is 0 Å². The van der Waals surface area contributed by atoms with Gasteiger partial charge in [0.05, 0.1) is 6.10 Å². The van der Waals surface area contributed by atoms with Crippen molar-refractivity contribution in [1.29, 1.82) is 0 Å². The molecular formula is C21H26O5. The average Bonchev–Trinajstić information content (AvgIpc) is 3.19. The van der Waals surface area contributed by atoms with E-state index in [-0.39, 0.29) is 24.2 Å². The molecule has 1 fully saturated rings. The number of methoxy groups -OCH3 is 1. The summed E-state index contributed by atoms with van der Waals surface area (Å²) >= 11 is 0. The molecule has 1 aromatic rings. The van der Waals surface area contributed by atoms with E-state index < -0.39 is 11.9 Å². The van der Waals surface area contributed by atoms with Crippen LogP contribution < -0.4 is 9.47 Å². The fourth-order valence-corrected chi connectivity index (χ4v) is 4.90. The molecule has 0 radical (unpaired) electrons. The molecule has 1 aliphatic carbocycles. The van der Waals surface area contributed by atoms with Crippen LogP contribution in [0.3, 0.4) is 0 Å². The summed E-state index contributed by atoms with van der Waals surface area (Å²) in [4.78, 5) is 0. The van der Waals surface area contributed by atoms with Crippen LogP contribution in [0.5, 0.6) is 11.5 Å². The maximum Gasteiger partial charge on any atom is 0.231 e. The summed E-state index contributed by atoms with van der Waals surface area (Å²) in [6, 6.07) is 5.99. The second-order valence-corrected chi connectivity index (χ2v) is 7.43. The highest BCUT2D eigenvalue weighted by Crippen LogP contribution is 2.59. The lowest BCUT2D eigenvalue weighted by molar-refractivity contribution is -0.295. The number of aliphatic hydroxyl groups is 1. The second-order valence-electron chi connectivity index (χ2n) is 7.43. The zero-order chi connectivity index (χ0) is 18.4. The molecule has 1 saturated heterocycles. The topological polar surface area (TPSA) is 57.2 Å². The molecule has 2 heterocycles. The van der Waals surface area contributed by atoms with Gasteiger partial charge in [0.25, 0.3) is 0 Å². The molecule has 3 aliphatic rings. The molecule has 5 atom stereocenters. The fraction of sp³-hybridized carbons (Fsp3) is 0.524. The first-order valence-electron chi connectivity index (χ1n) is 9.13. The maximum absolute atomic E-state index is 10.7. The molecule has 4 rings (SSSR count). The van der Waals surface area contributed by atoms with Crippen LogP contribution in [0.25, 0.3) is 0 Å². The minimum Gasteiger partial charge on any atom is -0.454 e. The Labute approximate surface area is 154 Å². The molecule has 2 aliphatic heterocycles. The highest BCUT2D eigenvalue weighted by molar-refractivity contribution is 5.44. The van der Waals surface area contributed by atoms with Crippen LogP contribution in [-0.4, -0.2) is 37.0 Å². The SMILES string of the molecule is C=CC[C@]12CC=C[C@@H](O)[C@]1(OC)O[C@@H](Cc1ccc3c(c1)OCO3)[C@@H]2C. The number of aliphatic hydroxyl groups excluding tert-OH is 1. The number of benzene rings is 1. The summed E-state index contributed by atoms with van der Waals surface area (Å²) < 4.78 is 23.2.